The molecule has 13 heavy (non-hydrogen) atoms. The summed E-state index contributed by atoms with van der Waals surface area (Å²) in [5.41, 5.74) is 1.99. The average Bonchev–Trinajstić information content (AvgIpc) is 1.81. The minimum atomic E-state index is -2.67. The second-order valence-electron chi connectivity index (χ2n) is 3.50. The van der Waals surface area contributed by atoms with Crippen molar-refractivity contribution in [3.05, 3.63) is 23.3 Å². The molecule has 3 heteroatoms. The third-order valence-electron chi connectivity index (χ3n) is 1.53. The van der Waals surface area contributed by atoms with Gasteiger partial charge in [0.2, 0.25) is 0 Å². The van der Waals surface area contributed by atoms with Gasteiger partial charge in [0.25, 0.3) is 5.97 Å². The van der Waals surface area contributed by atoms with Crippen molar-refractivity contribution in [2.24, 2.45) is 0 Å². The molecule has 0 rings (SSSR count). The van der Waals surface area contributed by atoms with Crippen LogP contribution in [0.1, 0.15) is 33.6 Å². The quantitative estimate of drug-likeness (QED) is 0.458. The van der Waals surface area contributed by atoms with Crippen molar-refractivity contribution in [1.82, 2.24) is 0 Å². The predicted octanol–water partition coefficient (Wildman–Crippen LogP) is 1.31. The van der Waals surface area contributed by atoms with Crippen molar-refractivity contribution >= 4 is 0 Å². The first kappa shape index (κ1) is 12.4. The summed E-state index contributed by atoms with van der Waals surface area (Å²) >= 11 is 0. The van der Waals surface area contributed by atoms with Gasteiger partial charge in [-0.1, -0.05) is 17.2 Å². The highest BCUT2D eigenvalue weighted by molar-refractivity contribution is 5.04. The van der Waals surface area contributed by atoms with E-state index in [1.165, 1.54) is 5.57 Å². The average molecular weight is 186 g/mol. The van der Waals surface area contributed by atoms with Crippen LogP contribution in [-0.4, -0.2) is 21.3 Å². The lowest BCUT2D eigenvalue weighted by molar-refractivity contribution is -0.273. The molecule has 0 unspecified atom stereocenters. The van der Waals surface area contributed by atoms with Crippen LogP contribution >= 0.6 is 0 Å². The minimum absolute atomic E-state index is 0.717. The maximum atomic E-state index is 8.62. The summed E-state index contributed by atoms with van der Waals surface area (Å²) in [5, 5.41) is 25.8. The van der Waals surface area contributed by atoms with Crippen LogP contribution in [0, 0.1) is 0 Å². The maximum absolute atomic E-state index is 8.62. The van der Waals surface area contributed by atoms with Crippen LogP contribution < -0.4 is 0 Å². The summed E-state index contributed by atoms with van der Waals surface area (Å²) in [4.78, 5) is 0. The Hall–Kier alpha value is -0.640. The van der Waals surface area contributed by atoms with Crippen molar-refractivity contribution in [3.63, 3.8) is 0 Å². The van der Waals surface area contributed by atoms with E-state index in [1.807, 2.05) is 13.8 Å². The lowest BCUT2D eigenvalue weighted by Crippen LogP contribution is -2.23. The minimum Gasteiger partial charge on any atom is -0.340 e. The van der Waals surface area contributed by atoms with Crippen LogP contribution in [0.2, 0.25) is 0 Å². The van der Waals surface area contributed by atoms with E-state index in [2.05, 4.69) is 6.08 Å². The van der Waals surface area contributed by atoms with Crippen molar-refractivity contribution in [1.29, 1.82) is 0 Å². The first-order valence-corrected chi connectivity index (χ1v) is 4.30. The molecule has 76 valence electrons. The van der Waals surface area contributed by atoms with Gasteiger partial charge in [0.05, 0.1) is 0 Å². The van der Waals surface area contributed by atoms with E-state index in [0.717, 1.165) is 18.1 Å². The fraction of sp³-hybridized carbons (Fsp3) is 0.600. The van der Waals surface area contributed by atoms with Gasteiger partial charge in [-0.05, 0) is 33.6 Å². The monoisotopic (exact) mass is 186 g/mol. The zero-order valence-electron chi connectivity index (χ0n) is 8.41. The summed E-state index contributed by atoms with van der Waals surface area (Å²) < 4.78 is 0. The van der Waals surface area contributed by atoms with Gasteiger partial charge in [0.1, 0.15) is 0 Å². The van der Waals surface area contributed by atoms with Crippen LogP contribution in [0.5, 0.6) is 0 Å². The van der Waals surface area contributed by atoms with Gasteiger partial charge in [0.15, 0.2) is 0 Å². The SMILES string of the molecule is CC(C)=CCCC(C)=CC(O)(O)O. The smallest absolute Gasteiger partial charge is 0.297 e. The molecule has 0 radical (unpaired) electrons. The first-order chi connectivity index (χ1) is 5.81. The fourth-order valence-corrected chi connectivity index (χ4v) is 0.991. The van der Waals surface area contributed by atoms with Gasteiger partial charge in [-0.15, -0.1) is 0 Å². The summed E-state index contributed by atoms with van der Waals surface area (Å²) in [5.74, 6) is -2.67. The molecular formula is C10H18O3. The van der Waals surface area contributed by atoms with Crippen LogP contribution in [0.4, 0.5) is 0 Å². The Morgan fingerprint density at radius 3 is 2.08 bits per heavy atom. The van der Waals surface area contributed by atoms with Crippen molar-refractivity contribution in [2.75, 3.05) is 0 Å². The van der Waals surface area contributed by atoms with Crippen molar-refractivity contribution in [3.8, 4) is 0 Å². The van der Waals surface area contributed by atoms with Gasteiger partial charge < -0.3 is 15.3 Å². The molecule has 0 fully saturated rings. The molecule has 0 aliphatic carbocycles. The van der Waals surface area contributed by atoms with Crippen LogP contribution in [0.25, 0.3) is 0 Å². The number of allylic oxidation sites excluding steroid dienone is 3. The lowest BCUT2D eigenvalue weighted by Gasteiger charge is -2.09. The van der Waals surface area contributed by atoms with Crippen molar-refractivity contribution < 1.29 is 15.3 Å². The first-order valence-electron chi connectivity index (χ1n) is 4.30. The molecule has 3 nitrogen and oxygen atoms in total. The largest absolute Gasteiger partial charge is 0.340 e. The Balaban J connectivity index is 3.95. The molecule has 0 heterocycles. The van der Waals surface area contributed by atoms with E-state index in [0.29, 0.717) is 6.42 Å². The van der Waals surface area contributed by atoms with E-state index in [4.69, 9.17) is 15.3 Å². The second kappa shape index (κ2) is 5.17. The Bertz CT molecular complexity index is 205. The van der Waals surface area contributed by atoms with E-state index >= 15 is 0 Å². The van der Waals surface area contributed by atoms with E-state index < -0.39 is 5.97 Å². The van der Waals surface area contributed by atoms with Gasteiger partial charge >= 0.3 is 0 Å². The van der Waals surface area contributed by atoms with Crippen LogP contribution in [-0.2, 0) is 0 Å². The second-order valence-corrected chi connectivity index (χ2v) is 3.50. The number of hydrogen-bond donors (Lipinski definition) is 3. The van der Waals surface area contributed by atoms with Gasteiger partial charge in [0, 0.05) is 6.08 Å². The highest BCUT2D eigenvalue weighted by Gasteiger charge is 2.13. The molecule has 0 aromatic rings. The zero-order chi connectivity index (χ0) is 10.5. The number of hydrogen-bond acceptors (Lipinski definition) is 3. The van der Waals surface area contributed by atoms with E-state index in [9.17, 15) is 0 Å². The van der Waals surface area contributed by atoms with Gasteiger partial charge in [-0.25, -0.2) is 0 Å². The molecular weight excluding hydrogens is 168 g/mol. The Morgan fingerprint density at radius 1 is 1.15 bits per heavy atom. The molecule has 0 atom stereocenters. The molecule has 0 aliphatic rings. The topological polar surface area (TPSA) is 60.7 Å². The molecule has 0 saturated carbocycles. The predicted molar refractivity (Wildman–Crippen MR) is 51.8 cm³/mol. The normalized spacial score (nSPS) is 12.9. The Labute approximate surface area is 79.0 Å². The number of aliphatic hydroxyl groups is 3. The maximum Gasteiger partial charge on any atom is 0.297 e. The molecule has 3 N–H and O–H groups in total. The molecule has 0 saturated heterocycles. The van der Waals surface area contributed by atoms with E-state index in [1.54, 1.807) is 6.92 Å². The zero-order valence-corrected chi connectivity index (χ0v) is 8.41. The lowest BCUT2D eigenvalue weighted by atomic mass is 10.1. The summed E-state index contributed by atoms with van der Waals surface area (Å²) in [6.07, 6.45) is 4.66. The van der Waals surface area contributed by atoms with Gasteiger partial charge in [-0.3, -0.25) is 0 Å². The summed E-state index contributed by atoms with van der Waals surface area (Å²) in [6, 6.07) is 0. The standard InChI is InChI=1S/C10H18O3/c1-8(2)5-4-6-9(3)7-10(11,12)13/h5,7,11-13H,4,6H2,1-3H3. The molecule has 0 aromatic carbocycles. The molecule has 0 spiro atoms. The van der Waals surface area contributed by atoms with E-state index in [-0.39, 0.29) is 0 Å². The number of rotatable bonds is 4. The third kappa shape index (κ3) is 9.27. The summed E-state index contributed by atoms with van der Waals surface area (Å²) in [6.45, 7) is 5.76. The van der Waals surface area contributed by atoms with Crippen LogP contribution in [0.3, 0.4) is 0 Å². The molecule has 0 aromatic heterocycles. The molecule has 0 amide bonds. The van der Waals surface area contributed by atoms with Gasteiger partial charge in [-0.2, -0.15) is 0 Å². The Kier molecular flexibility index (Phi) is 4.91. The third-order valence-corrected chi connectivity index (χ3v) is 1.53. The Morgan fingerprint density at radius 2 is 1.69 bits per heavy atom. The fourth-order valence-electron chi connectivity index (χ4n) is 0.991. The molecule has 0 bridgehead atoms. The molecule has 0 aliphatic heterocycles. The highest BCUT2D eigenvalue weighted by atomic mass is 16.7. The summed E-state index contributed by atoms with van der Waals surface area (Å²) in [7, 11) is 0. The van der Waals surface area contributed by atoms with Crippen molar-refractivity contribution in [2.45, 2.75) is 39.6 Å². The van der Waals surface area contributed by atoms with Crippen LogP contribution in [0.15, 0.2) is 23.3 Å². The highest BCUT2D eigenvalue weighted by Crippen LogP contribution is 2.09.